The molecule has 0 aliphatic heterocycles. The van der Waals surface area contributed by atoms with Crippen LogP contribution >= 0.6 is 0 Å². The van der Waals surface area contributed by atoms with Crippen molar-refractivity contribution >= 4 is 6.09 Å². The Kier molecular flexibility index (Phi) is 8.38. The second kappa shape index (κ2) is 9.51. The molecule has 0 bridgehead atoms. The van der Waals surface area contributed by atoms with E-state index in [-0.39, 0.29) is 12.1 Å². The fourth-order valence-corrected chi connectivity index (χ4v) is 3.20. The molecule has 0 saturated heterocycles. The van der Waals surface area contributed by atoms with Crippen LogP contribution in [0.3, 0.4) is 0 Å². The van der Waals surface area contributed by atoms with Gasteiger partial charge in [-0.2, -0.15) is 0 Å². The number of carbonyl (C=O) groups excluding carboxylic acids is 1. The van der Waals surface area contributed by atoms with E-state index in [9.17, 15) is 4.79 Å². The van der Waals surface area contributed by atoms with Crippen molar-refractivity contribution in [2.45, 2.75) is 97.8 Å². The van der Waals surface area contributed by atoms with Crippen LogP contribution in [0.1, 0.15) is 80.1 Å². The van der Waals surface area contributed by atoms with Gasteiger partial charge in [-0.3, -0.25) is 0 Å². The quantitative estimate of drug-likeness (QED) is 0.707. The van der Waals surface area contributed by atoms with Gasteiger partial charge in [-0.15, -0.1) is 0 Å². The summed E-state index contributed by atoms with van der Waals surface area (Å²) in [5.41, 5.74) is -0.449. The first-order valence-corrected chi connectivity index (χ1v) is 9.44. The highest BCUT2D eigenvalue weighted by Gasteiger charge is 2.23. The smallest absolute Gasteiger partial charge is 0.407 e. The van der Waals surface area contributed by atoms with Crippen LogP contribution in [0.2, 0.25) is 0 Å². The Balaban J connectivity index is 2.42. The monoisotopic (exact) mass is 326 g/mol. The molecule has 0 aromatic carbocycles. The van der Waals surface area contributed by atoms with Gasteiger partial charge in [0.2, 0.25) is 0 Å². The van der Waals surface area contributed by atoms with E-state index in [0.29, 0.717) is 12.0 Å². The summed E-state index contributed by atoms with van der Waals surface area (Å²) >= 11 is 0. The summed E-state index contributed by atoms with van der Waals surface area (Å²) in [6, 6.07) is 0.698. The molecule has 1 fully saturated rings. The van der Waals surface area contributed by atoms with E-state index in [4.69, 9.17) is 4.74 Å². The first kappa shape index (κ1) is 20.3. The molecule has 0 aromatic rings. The summed E-state index contributed by atoms with van der Waals surface area (Å²) in [4.78, 5) is 12.0. The van der Waals surface area contributed by atoms with Gasteiger partial charge >= 0.3 is 6.09 Å². The van der Waals surface area contributed by atoms with Crippen LogP contribution in [0.25, 0.3) is 0 Å². The maximum atomic E-state index is 12.0. The fourth-order valence-electron chi connectivity index (χ4n) is 3.20. The molecule has 1 amide bonds. The molecule has 0 aromatic heterocycles. The van der Waals surface area contributed by atoms with Crippen LogP contribution in [-0.4, -0.2) is 30.3 Å². The number of ether oxygens (including phenoxy) is 1. The van der Waals surface area contributed by atoms with Crippen LogP contribution in [0.5, 0.6) is 0 Å². The summed E-state index contributed by atoms with van der Waals surface area (Å²) in [7, 11) is 0. The first-order chi connectivity index (χ1) is 10.7. The number of amides is 1. The fraction of sp³-hybridized carbons (Fsp3) is 0.947. The van der Waals surface area contributed by atoms with Gasteiger partial charge in [0.05, 0.1) is 0 Å². The van der Waals surface area contributed by atoms with E-state index < -0.39 is 5.60 Å². The van der Waals surface area contributed by atoms with Gasteiger partial charge in [0.15, 0.2) is 0 Å². The van der Waals surface area contributed by atoms with Gasteiger partial charge in [-0.1, -0.05) is 40.0 Å². The molecule has 136 valence electrons. The summed E-state index contributed by atoms with van der Waals surface area (Å²) in [5, 5.41) is 6.71. The molecule has 0 radical (unpaired) electrons. The Morgan fingerprint density at radius 3 is 2.43 bits per heavy atom. The largest absolute Gasteiger partial charge is 0.444 e. The zero-order valence-corrected chi connectivity index (χ0v) is 16.1. The Labute approximate surface area is 143 Å². The molecule has 1 rings (SSSR count). The van der Waals surface area contributed by atoms with E-state index in [2.05, 4.69) is 31.4 Å². The molecule has 3 atom stereocenters. The molecule has 1 aliphatic rings. The third-order valence-electron chi connectivity index (χ3n) is 4.80. The van der Waals surface area contributed by atoms with Gasteiger partial charge in [-0.05, 0) is 51.9 Å². The molecule has 3 unspecified atom stereocenters. The van der Waals surface area contributed by atoms with Crippen molar-refractivity contribution in [2.24, 2.45) is 11.8 Å². The van der Waals surface area contributed by atoms with Crippen LogP contribution in [0.15, 0.2) is 0 Å². The predicted molar refractivity (Wildman–Crippen MR) is 96.7 cm³/mol. The minimum Gasteiger partial charge on any atom is -0.444 e. The zero-order chi connectivity index (χ0) is 17.5. The predicted octanol–water partition coefficient (Wildman–Crippen LogP) is 4.48. The molecule has 2 N–H and O–H groups in total. The zero-order valence-electron chi connectivity index (χ0n) is 16.1. The second-order valence-electron chi connectivity index (χ2n) is 8.38. The van der Waals surface area contributed by atoms with Gasteiger partial charge < -0.3 is 15.4 Å². The Morgan fingerprint density at radius 1 is 1.17 bits per heavy atom. The molecule has 23 heavy (non-hydrogen) atoms. The Morgan fingerprint density at radius 2 is 1.87 bits per heavy atom. The van der Waals surface area contributed by atoms with E-state index in [1.807, 2.05) is 20.8 Å². The first-order valence-electron chi connectivity index (χ1n) is 9.44. The lowest BCUT2D eigenvalue weighted by Crippen LogP contribution is -2.48. The SMILES string of the molecule is CCC1CCCC(NCC(NC(=O)OC(C)(C)C)C(C)C)CC1. The number of nitrogens with one attached hydrogen (secondary N) is 2. The lowest BCUT2D eigenvalue weighted by molar-refractivity contribution is 0.0489. The van der Waals surface area contributed by atoms with Crippen molar-refractivity contribution < 1.29 is 9.53 Å². The van der Waals surface area contributed by atoms with Gasteiger partial charge in [0.1, 0.15) is 5.60 Å². The third-order valence-corrected chi connectivity index (χ3v) is 4.80. The highest BCUT2D eigenvalue weighted by molar-refractivity contribution is 5.68. The van der Waals surface area contributed by atoms with E-state index in [0.717, 1.165) is 12.5 Å². The summed E-state index contributed by atoms with van der Waals surface area (Å²) in [6.45, 7) is 13.1. The minimum absolute atomic E-state index is 0.107. The molecule has 1 aliphatic carbocycles. The van der Waals surface area contributed by atoms with Crippen molar-refractivity contribution in [3.05, 3.63) is 0 Å². The number of alkyl carbamates (subject to hydrolysis) is 1. The average molecular weight is 327 g/mol. The summed E-state index contributed by atoms with van der Waals surface area (Å²) in [5.74, 6) is 1.28. The lowest BCUT2D eigenvalue weighted by atomic mass is 9.97. The Hall–Kier alpha value is -0.770. The Bertz CT molecular complexity index is 350. The molecule has 0 spiro atoms. The maximum Gasteiger partial charge on any atom is 0.407 e. The van der Waals surface area contributed by atoms with Crippen molar-refractivity contribution in [1.82, 2.24) is 10.6 Å². The number of carbonyl (C=O) groups is 1. The van der Waals surface area contributed by atoms with Crippen LogP contribution < -0.4 is 10.6 Å². The van der Waals surface area contributed by atoms with Crippen LogP contribution in [0, 0.1) is 11.8 Å². The van der Waals surface area contributed by atoms with Gasteiger partial charge in [0, 0.05) is 18.6 Å². The third kappa shape index (κ3) is 8.59. The van der Waals surface area contributed by atoms with Crippen LogP contribution in [-0.2, 0) is 4.74 Å². The lowest BCUT2D eigenvalue weighted by Gasteiger charge is -2.27. The number of hydrogen-bond acceptors (Lipinski definition) is 3. The highest BCUT2D eigenvalue weighted by Crippen LogP contribution is 2.25. The molecular formula is C19H38N2O2. The molecule has 0 heterocycles. The number of rotatable bonds is 6. The van der Waals surface area contributed by atoms with E-state index in [1.165, 1.54) is 38.5 Å². The van der Waals surface area contributed by atoms with Gasteiger partial charge in [0.25, 0.3) is 0 Å². The number of hydrogen-bond donors (Lipinski definition) is 2. The highest BCUT2D eigenvalue weighted by atomic mass is 16.6. The van der Waals surface area contributed by atoms with Crippen molar-refractivity contribution in [3.8, 4) is 0 Å². The van der Waals surface area contributed by atoms with Crippen molar-refractivity contribution in [3.63, 3.8) is 0 Å². The second-order valence-corrected chi connectivity index (χ2v) is 8.38. The van der Waals surface area contributed by atoms with Crippen molar-refractivity contribution in [1.29, 1.82) is 0 Å². The van der Waals surface area contributed by atoms with E-state index in [1.54, 1.807) is 0 Å². The van der Waals surface area contributed by atoms with Crippen molar-refractivity contribution in [2.75, 3.05) is 6.54 Å². The maximum absolute atomic E-state index is 12.0. The standard InChI is InChI=1S/C19H38N2O2/c1-7-15-9-8-10-16(12-11-15)20-13-17(14(2)3)21-18(22)23-19(4,5)6/h14-17,20H,7-13H2,1-6H3,(H,21,22). The minimum atomic E-state index is -0.449. The summed E-state index contributed by atoms with van der Waals surface area (Å²) in [6.07, 6.45) is 7.54. The molecule has 4 nitrogen and oxygen atoms in total. The molecule has 1 saturated carbocycles. The molecule has 4 heteroatoms. The summed E-state index contributed by atoms with van der Waals surface area (Å²) < 4.78 is 5.38. The van der Waals surface area contributed by atoms with Gasteiger partial charge in [-0.25, -0.2) is 4.79 Å². The van der Waals surface area contributed by atoms with E-state index >= 15 is 0 Å². The topological polar surface area (TPSA) is 50.4 Å². The van der Waals surface area contributed by atoms with Crippen LogP contribution in [0.4, 0.5) is 4.79 Å². The molecular weight excluding hydrogens is 288 g/mol. The average Bonchev–Trinajstić information content (AvgIpc) is 2.66. The normalized spacial score (nSPS) is 24.1.